The van der Waals surface area contributed by atoms with Gasteiger partial charge in [-0.3, -0.25) is 9.98 Å². The number of aromatic nitrogens is 3. The van der Waals surface area contributed by atoms with E-state index in [9.17, 15) is 0 Å². The molecule has 7 nitrogen and oxygen atoms in total. The molecule has 4 N–H and O–H groups in total. The summed E-state index contributed by atoms with van der Waals surface area (Å²) in [5.41, 5.74) is 16.5. The lowest BCUT2D eigenvalue weighted by Gasteiger charge is -2.06. The van der Waals surface area contributed by atoms with Crippen LogP contribution < -0.4 is 11.5 Å². The number of hydrogen-bond acceptors (Lipinski definition) is 4. The molecule has 0 bridgehead atoms. The van der Waals surface area contributed by atoms with E-state index in [0.29, 0.717) is 11.7 Å². The molecule has 0 radical (unpaired) electrons. The molecule has 150 valence electrons. The summed E-state index contributed by atoms with van der Waals surface area (Å²) in [4.78, 5) is 8.82. The van der Waals surface area contributed by atoms with E-state index in [4.69, 9.17) is 11.5 Å². The molecule has 0 spiro atoms. The van der Waals surface area contributed by atoms with Gasteiger partial charge >= 0.3 is 0 Å². The maximum atomic E-state index is 6.10. The van der Waals surface area contributed by atoms with Gasteiger partial charge in [0.25, 0.3) is 0 Å². The Labute approximate surface area is 171 Å². The molecule has 1 heterocycles. The maximum Gasteiger partial charge on any atom is 0.125 e. The molecule has 0 aliphatic rings. The van der Waals surface area contributed by atoms with Crippen LogP contribution in [0.15, 0.2) is 64.7 Å². The summed E-state index contributed by atoms with van der Waals surface area (Å²) in [6.07, 6.45) is 1.88. The highest BCUT2D eigenvalue weighted by Gasteiger charge is 2.09. The molecule has 2 aromatic carbocycles. The minimum atomic E-state index is 0.135. The summed E-state index contributed by atoms with van der Waals surface area (Å²) in [6.45, 7) is 7.98. The van der Waals surface area contributed by atoms with E-state index in [-0.39, 0.29) is 12.1 Å². The van der Waals surface area contributed by atoms with Crippen molar-refractivity contribution in [3.8, 4) is 16.9 Å². The van der Waals surface area contributed by atoms with Crippen LogP contribution in [0.3, 0.4) is 0 Å². The molecule has 0 aliphatic heterocycles. The van der Waals surface area contributed by atoms with Gasteiger partial charge in [0, 0.05) is 28.8 Å². The molecule has 1 aromatic heterocycles. The Morgan fingerprint density at radius 1 is 0.862 bits per heavy atom. The van der Waals surface area contributed by atoms with E-state index >= 15 is 0 Å². The fourth-order valence-corrected chi connectivity index (χ4v) is 2.87. The van der Waals surface area contributed by atoms with Crippen LogP contribution in [0, 0.1) is 0 Å². The average Bonchev–Trinajstić information content (AvgIpc) is 3.17. The van der Waals surface area contributed by atoms with Gasteiger partial charge in [-0.1, -0.05) is 35.5 Å². The van der Waals surface area contributed by atoms with Crippen molar-refractivity contribution in [1.29, 1.82) is 0 Å². The minimum Gasteiger partial charge on any atom is -0.383 e. The summed E-state index contributed by atoms with van der Waals surface area (Å²) in [6, 6.07) is 15.9. The van der Waals surface area contributed by atoms with Crippen molar-refractivity contribution in [2.45, 2.75) is 39.8 Å². The molecule has 0 amide bonds. The lowest BCUT2D eigenvalue weighted by Crippen LogP contribution is -2.16. The fourth-order valence-electron chi connectivity index (χ4n) is 2.87. The van der Waals surface area contributed by atoms with Crippen LogP contribution in [0.5, 0.6) is 0 Å². The molecule has 0 unspecified atom stereocenters. The van der Waals surface area contributed by atoms with Crippen LogP contribution in [0.4, 0.5) is 0 Å². The molecule has 0 saturated carbocycles. The van der Waals surface area contributed by atoms with Crippen molar-refractivity contribution < 1.29 is 0 Å². The normalized spacial score (nSPS) is 12.8. The van der Waals surface area contributed by atoms with Gasteiger partial charge in [-0.2, -0.15) is 0 Å². The highest BCUT2D eigenvalue weighted by molar-refractivity contribution is 5.99. The van der Waals surface area contributed by atoms with E-state index < -0.39 is 0 Å². The van der Waals surface area contributed by atoms with Gasteiger partial charge in [-0.05, 0) is 45.9 Å². The van der Waals surface area contributed by atoms with Crippen LogP contribution in [-0.2, 0) is 0 Å². The highest BCUT2D eigenvalue weighted by Crippen LogP contribution is 2.20. The lowest BCUT2D eigenvalue weighted by atomic mass is 10.1. The van der Waals surface area contributed by atoms with Crippen molar-refractivity contribution in [2.75, 3.05) is 0 Å². The first kappa shape index (κ1) is 20.3. The Morgan fingerprint density at radius 3 is 2.07 bits per heavy atom. The van der Waals surface area contributed by atoms with Crippen LogP contribution in [0.25, 0.3) is 16.9 Å². The zero-order valence-electron chi connectivity index (χ0n) is 17.2. The van der Waals surface area contributed by atoms with Crippen LogP contribution in [0.2, 0.25) is 0 Å². The SMILES string of the molecule is CC(C)N=C(N)c1cccc(-c2cn(-c3cccc(C(N)=NC(C)C)c3)nn2)c1. The van der Waals surface area contributed by atoms with Crippen LogP contribution in [0.1, 0.15) is 38.8 Å². The molecule has 7 heteroatoms. The maximum absolute atomic E-state index is 6.10. The quantitative estimate of drug-likeness (QED) is 0.499. The summed E-state index contributed by atoms with van der Waals surface area (Å²) >= 11 is 0. The molecule has 0 saturated heterocycles. The number of nitrogens with zero attached hydrogens (tertiary/aromatic N) is 5. The predicted molar refractivity (Wildman–Crippen MR) is 119 cm³/mol. The van der Waals surface area contributed by atoms with Crippen LogP contribution >= 0.6 is 0 Å². The molecule has 0 aliphatic carbocycles. The van der Waals surface area contributed by atoms with Crippen molar-refractivity contribution in [3.63, 3.8) is 0 Å². The van der Waals surface area contributed by atoms with Crippen molar-refractivity contribution in [1.82, 2.24) is 15.0 Å². The van der Waals surface area contributed by atoms with Crippen molar-refractivity contribution in [2.24, 2.45) is 21.5 Å². The summed E-state index contributed by atoms with van der Waals surface area (Å²) in [7, 11) is 0. The number of nitrogens with two attached hydrogens (primary N) is 2. The minimum absolute atomic E-state index is 0.135. The van der Waals surface area contributed by atoms with E-state index in [0.717, 1.165) is 28.1 Å². The average molecular weight is 390 g/mol. The topological polar surface area (TPSA) is 107 Å². The Hall–Kier alpha value is -3.48. The second-order valence-corrected chi connectivity index (χ2v) is 7.40. The molecular formula is C22H27N7. The molecule has 29 heavy (non-hydrogen) atoms. The van der Waals surface area contributed by atoms with Gasteiger partial charge < -0.3 is 11.5 Å². The van der Waals surface area contributed by atoms with Gasteiger partial charge in [0.1, 0.15) is 17.4 Å². The number of rotatable bonds is 6. The van der Waals surface area contributed by atoms with Gasteiger partial charge in [0.05, 0.1) is 11.9 Å². The second kappa shape index (κ2) is 8.68. The van der Waals surface area contributed by atoms with Crippen LogP contribution in [-0.4, -0.2) is 38.7 Å². The van der Waals surface area contributed by atoms with Crippen molar-refractivity contribution >= 4 is 11.7 Å². The van der Waals surface area contributed by atoms with Gasteiger partial charge in [-0.25, -0.2) is 4.68 Å². The molecule has 3 rings (SSSR count). The first-order chi connectivity index (χ1) is 13.8. The highest BCUT2D eigenvalue weighted by atomic mass is 15.4. The smallest absolute Gasteiger partial charge is 0.125 e. The third-order valence-electron chi connectivity index (χ3n) is 4.15. The van der Waals surface area contributed by atoms with E-state index in [1.165, 1.54) is 0 Å². The first-order valence-electron chi connectivity index (χ1n) is 9.64. The Kier molecular flexibility index (Phi) is 6.07. The Morgan fingerprint density at radius 2 is 1.45 bits per heavy atom. The van der Waals surface area contributed by atoms with Gasteiger partial charge in [-0.15, -0.1) is 5.10 Å². The zero-order valence-corrected chi connectivity index (χ0v) is 17.2. The Balaban J connectivity index is 1.91. The van der Waals surface area contributed by atoms with E-state index in [1.54, 1.807) is 4.68 Å². The summed E-state index contributed by atoms with van der Waals surface area (Å²) in [5.74, 6) is 1.02. The van der Waals surface area contributed by atoms with E-state index in [2.05, 4.69) is 20.3 Å². The number of aliphatic imine (C=N–C) groups is 2. The van der Waals surface area contributed by atoms with E-state index in [1.807, 2.05) is 82.4 Å². The summed E-state index contributed by atoms with van der Waals surface area (Å²) in [5, 5.41) is 8.59. The summed E-state index contributed by atoms with van der Waals surface area (Å²) < 4.78 is 1.72. The Bertz CT molecular complexity index is 963. The molecule has 3 aromatic rings. The molecular weight excluding hydrogens is 362 g/mol. The van der Waals surface area contributed by atoms with Crippen molar-refractivity contribution in [3.05, 3.63) is 65.9 Å². The molecule has 0 fully saturated rings. The first-order valence-corrected chi connectivity index (χ1v) is 9.64. The van der Waals surface area contributed by atoms with Gasteiger partial charge in [0.15, 0.2) is 0 Å². The number of amidine groups is 2. The second-order valence-electron chi connectivity index (χ2n) is 7.40. The monoisotopic (exact) mass is 389 g/mol. The standard InChI is InChI=1S/C22H27N7/c1-14(2)25-21(23)17-8-5-7-16(11-17)20-13-29(28-27-20)19-10-6-9-18(12-19)22(24)26-15(3)4/h5-15H,1-4H3,(H2,23,25)(H2,24,26). The third-order valence-corrected chi connectivity index (χ3v) is 4.15. The fraction of sp³-hybridized carbons (Fsp3) is 0.273. The third kappa shape index (κ3) is 5.07. The number of benzene rings is 2. The largest absolute Gasteiger partial charge is 0.383 e. The predicted octanol–water partition coefficient (Wildman–Crippen LogP) is 3.16. The number of hydrogen-bond donors (Lipinski definition) is 2. The van der Waals surface area contributed by atoms with Gasteiger partial charge in [0.2, 0.25) is 0 Å². The molecule has 0 atom stereocenters. The zero-order chi connectivity index (χ0) is 21.0. The lowest BCUT2D eigenvalue weighted by molar-refractivity contribution is 0.803.